The normalized spacial score (nSPS) is 11.4. The molecule has 0 unspecified atom stereocenters. The lowest BCUT2D eigenvalue weighted by atomic mass is 10.2. The second-order valence-corrected chi connectivity index (χ2v) is 11.6. The molecule has 1 heterocycles. The van der Waals surface area contributed by atoms with E-state index in [4.69, 9.17) is 4.98 Å². The van der Waals surface area contributed by atoms with E-state index < -0.39 is 7.26 Å². The van der Waals surface area contributed by atoms with E-state index in [1.165, 1.54) is 21.5 Å². The molecule has 0 N–H and O–H groups in total. The van der Waals surface area contributed by atoms with Crippen LogP contribution in [0.2, 0.25) is 0 Å². The van der Waals surface area contributed by atoms with Crippen molar-refractivity contribution in [2.24, 2.45) is 7.05 Å². The Kier molecular flexibility index (Phi) is 5.47. The van der Waals surface area contributed by atoms with Crippen molar-refractivity contribution in [3.05, 3.63) is 121 Å². The van der Waals surface area contributed by atoms with E-state index in [-0.39, 0.29) is 0 Å². The maximum Gasteiger partial charge on any atom is 0.144 e. The van der Waals surface area contributed by atoms with Gasteiger partial charge in [0.1, 0.15) is 29.0 Å². The van der Waals surface area contributed by atoms with Crippen LogP contribution < -0.4 is 15.9 Å². The smallest absolute Gasteiger partial charge is 0.144 e. The third-order valence-electron chi connectivity index (χ3n) is 6.12. The van der Waals surface area contributed by atoms with Gasteiger partial charge in [0.25, 0.3) is 0 Å². The molecule has 0 aliphatic rings. The Morgan fingerprint density at radius 3 is 1.72 bits per heavy atom. The number of hydrogen-bond donors (Lipinski definition) is 0. The highest BCUT2D eigenvalue weighted by atomic mass is 31.2. The number of aryl methyl sites for hydroxylation is 1. The fraction of sp³-hybridized carbons (Fsp3) is 0.0690. The molecule has 32 heavy (non-hydrogen) atoms. The zero-order valence-electron chi connectivity index (χ0n) is 18.4. The van der Waals surface area contributed by atoms with Crippen LogP contribution in [0.5, 0.6) is 0 Å². The van der Waals surface area contributed by atoms with Crippen LogP contribution in [0.3, 0.4) is 0 Å². The molecule has 0 amide bonds. The van der Waals surface area contributed by atoms with Gasteiger partial charge in [-0.15, -0.1) is 0 Å². The first-order valence-electron chi connectivity index (χ1n) is 10.8. The van der Waals surface area contributed by atoms with E-state index in [1.54, 1.807) is 0 Å². The highest BCUT2D eigenvalue weighted by Gasteiger charge is 2.42. The molecule has 5 rings (SSSR count). The molecule has 0 spiro atoms. The zero-order chi connectivity index (χ0) is 22.0. The van der Waals surface area contributed by atoms with E-state index in [2.05, 4.69) is 134 Å². The lowest BCUT2D eigenvalue weighted by Crippen LogP contribution is -2.31. The first-order valence-corrected chi connectivity index (χ1v) is 13.1. The van der Waals surface area contributed by atoms with Crippen molar-refractivity contribution >= 4 is 23.2 Å². The second kappa shape index (κ2) is 8.57. The van der Waals surface area contributed by atoms with Crippen molar-refractivity contribution in [2.45, 2.75) is 0 Å². The van der Waals surface area contributed by atoms with E-state index in [0.29, 0.717) is 0 Å². The summed E-state index contributed by atoms with van der Waals surface area (Å²) in [5, 5.41) is 4.10. The standard InChI is InChI=1S/C29H26N2P/c1-31-22-27(23-14-6-3-7-15-23)30-29(31)26-20-12-13-21-28(26)32(2,24-16-8-4-9-17-24)25-18-10-5-11-19-25/h3-22H,1-2H3/q+1. The molecule has 0 aliphatic carbocycles. The number of rotatable bonds is 5. The molecule has 156 valence electrons. The summed E-state index contributed by atoms with van der Waals surface area (Å²) in [5.74, 6) is 0.998. The average molecular weight is 434 g/mol. The molecule has 3 heteroatoms. The molecule has 4 aromatic carbocycles. The van der Waals surface area contributed by atoms with Crippen LogP contribution in [-0.4, -0.2) is 16.2 Å². The van der Waals surface area contributed by atoms with Gasteiger partial charge in [-0.05, 0) is 36.4 Å². The van der Waals surface area contributed by atoms with Crippen molar-refractivity contribution in [1.29, 1.82) is 0 Å². The third kappa shape index (κ3) is 3.57. The van der Waals surface area contributed by atoms with E-state index in [1.807, 2.05) is 6.07 Å². The topological polar surface area (TPSA) is 17.8 Å². The van der Waals surface area contributed by atoms with Crippen molar-refractivity contribution in [2.75, 3.05) is 6.66 Å². The zero-order valence-corrected chi connectivity index (χ0v) is 19.3. The van der Waals surface area contributed by atoms with Gasteiger partial charge in [-0.2, -0.15) is 0 Å². The molecule has 0 saturated heterocycles. The summed E-state index contributed by atoms with van der Waals surface area (Å²) in [4.78, 5) is 5.09. The van der Waals surface area contributed by atoms with Gasteiger partial charge in [-0.25, -0.2) is 4.98 Å². The van der Waals surface area contributed by atoms with Crippen molar-refractivity contribution in [1.82, 2.24) is 9.55 Å². The fourth-order valence-corrected chi connectivity index (χ4v) is 7.83. The first kappa shape index (κ1) is 20.4. The van der Waals surface area contributed by atoms with Crippen molar-refractivity contribution in [3.63, 3.8) is 0 Å². The molecular weight excluding hydrogens is 407 g/mol. The Balaban J connectivity index is 1.73. The van der Waals surface area contributed by atoms with Crippen LogP contribution in [-0.2, 0) is 7.05 Å². The van der Waals surface area contributed by atoms with Gasteiger partial charge in [0.15, 0.2) is 0 Å². The van der Waals surface area contributed by atoms with Crippen LogP contribution in [0.15, 0.2) is 121 Å². The van der Waals surface area contributed by atoms with E-state index in [0.717, 1.165) is 17.1 Å². The minimum atomic E-state index is -1.87. The molecule has 0 radical (unpaired) electrons. The predicted octanol–water partition coefficient (Wildman–Crippen LogP) is 5.68. The van der Waals surface area contributed by atoms with Crippen LogP contribution >= 0.6 is 7.26 Å². The van der Waals surface area contributed by atoms with Crippen molar-refractivity contribution < 1.29 is 0 Å². The molecule has 0 saturated carbocycles. The molecular formula is C29H26N2P+. The highest BCUT2D eigenvalue weighted by Crippen LogP contribution is 2.53. The van der Waals surface area contributed by atoms with Crippen LogP contribution in [0.1, 0.15) is 0 Å². The SMILES string of the molecule is Cn1cc(-c2ccccc2)nc1-c1ccccc1[P+](C)(c1ccccc1)c1ccccc1. The largest absolute Gasteiger partial charge is 0.333 e. The number of nitrogens with zero attached hydrogens (tertiary/aromatic N) is 2. The van der Waals surface area contributed by atoms with Crippen molar-refractivity contribution in [3.8, 4) is 22.6 Å². The van der Waals surface area contributed by atoms with Gasteiger partial charge in [-0.1, -0.05) is 78.9 Å². The number of aromatic nitrogens is 2. The van der Waals surface area contributed by atoms with Gasteiger partial charge < -0.3 is 4.57 Å². The minimum absolute atomic E-state index is 0.998. The van der Waals surface area contributed by atoms with Gasteiger partial charge in [-0.3, -0.25) is 0 Å². The maximum atomic E-state index is 5.09. The Bertz CT molecular complexity index is 1290. The van der Waals surface area contributed by atoms with Gasteiger partial charge in [0.2, 0.25) is 0 Å². The lowest BCUT2D eigenvalue weighted by molar-refractivity contribution is 0.926. The molecule has 2 nitrogen and oxygen atoms in total. The Labute approximate surface area is 190 Å². The summed E-state index contributed by atoms with van der Waals surface area (Å²) >= 11 is 0. The number of benzene rings is 4. The summed E-state index contributed by atoms with van der Waals surface area (Å²) < 4.78 is 2.15. The van der Waals surface area contributed by atoms with Gasteiger partial charge in [0.05, 0.1) is 17.9 Å². The summed E-state index contributed by atoms with van der Waals surface area (Å²) in [6.07, 6.45) is 2.13. The Morgan fingerprint density at radius 2 is 1.12 bits per heavy atom. The van der Waals surface area contributed by atoms with E-state index >= 15 is 0 Å². The van der Waals surface area contributed by atoms with Crippen LogP contribution in [0.4, 0.5) is 0 Å². The number of hydrogen-bond acceptors (Lipinski definition) is 1. The molecule has 0 fully saturated rings. The Morgan fingerprint density at radius 1 is 0.625 bits per heavy atom. The van der Waals surface area contributed by atoms with E-state index in [9.17, 15) is 0 Å². The quantitative estimate of drug-likeness (QED) is 0.326. The summed E-state index contributed by atoms with van der Waals surface area (Å²) in [5.41, 5.74) is 3.33. The monoisotopic (exact) mass is 433 g/mol. The first-order chi connectivity index (χ1) is 15.7. The van der Waals surface area contributed by atoms with Crippen LogP contribution in [0, 0.1) is 0 Å². The van der Waals surface area contributed by atoms with Gasteiger partial charge >= 0.3 is 0 Å². The maximum absolute atomic E-state index is 5.09. The molecule has 0 bridgehead atoms. The summed E-state index contributed by atoms with van der Waals surface area (Å²) in [6.45, 7) is 2.43. The van der Waals surface area contributed by atoms with Gasteiger partial charge in [0, 0.05) is 18.8 Å². The Hall–Kier alpha value is -3.48. The molecule has 1 aromatic heterocycles. The molecule has 0 aliphatic heterocycles. The minimum Gasteiger partial charge on any atom is -0.333 e. The molecule has 5 aromatic rings. The summed E-state index contributed by atoms with van der Waals surface area (Å²) in [7, 11) is 0.224. The second-order valence-electron chi connectivity index (χ2n) is 8.12. The lowest BCUT2D eigenvalue weighted by Gasteiger charge is -2.25. The summed E-state index contributed by atoms with van der Waals surface area (Å²) in [6, 6.07) is 41.0. The fourth-order valence-electron chi connectivity index (χ4n) is 4.40. The predicted molar refractivity (Wildman–Crippen MR) is 139 cm³/mol. The third-order valence-corrected chi connectivity index (χ3v) is 10.1. The number of imidazole rings is 1. The molecule has 0 atom stereocenters. The highest BCUT2D eigenvalue weighted by molar-refractivity contribution is 7.95. The van der Waals surface area contributed by atoms with Crippen LogP contribution in [0.25, 0.3) is 22.6 Å². The average Bonchev–Trinajstić information content (AvgIpc) is 3.26.